The van der Waals surface area contributed by atoms with Crippen molar-refractivity contribution >= 4 is 28.1 Å². The predicted molar refractivity (Wildman–Crippen MR) is 149 cm³/mol. The molecule has 1 atom stereocenters. The second kappa shape index (κ2) is 6.93. The summed E-state index contributed by atoms with van der Waals surface area (Å²) in [6, 6.07) is 38.6. The third kappa shape index (κ3) is 2.42. The van der Waals surface area contributed by atoms with Crippen LogP contribution in [-0.4, -0.2) is 0 Å². The minimum atomic E-state index is -0.377. The molecule has 0 N–H and O–H groups in total. The summed E-state index contributed by atoms with van der Waals surface area (Å²) in [5.74, 6) is 0. The molecule has 0 aliphatic heterocycles. The Hall–Kier alpha value is -3.68. The average molecular weight is 509 g/mol. The van der Waals surface area contributed by atoms with E-state index in [1.165, 1.54) is 66.8 Å². The van der Waals surface area contributed by atoms with Gasteiger partial charge in [-0.25, -0.2) is 0 Å². The average Bonchev–Trinajstić information content (AvgIpc) is 3.37. The summed E-state index contributed by atoms with van der Waals surface area (Å²) >= 11 is 3.81. The Morgan fingerprint density at radius 1 is 0.514 bits per heavy atom. The first-order valence-corrected chi connectivity index (χ1v) is 13.0. The van der Waals surface area contributed by atoms with Gasteiger partial charge in [-0.05, 0) is 85.3 Å². The lowest BCUT2D eigenvalue weighted by atomic mass is 9.66. The SMILES string of the molecule is Brc1ccc2c(c1)C1(c3ccccc3C=C2)c2ccccc2-c2c1ccc1c2-c2ccccc2C1. The van der Waals surface area contributed by atoms with Gasteiger partial charge in [-0.3, -0.25) is 0 Å². The van der Waals surface area contributed by atoms with Crippen LogP contribution < -0.4 is 0 Å². The Morgan fingerprint density at radius 3 is 2.11 bits per heavy atom. The zero-order valence-electron chi connectivity index (χ0n) is 19.1. The highest BCUT2D eigenvalue weighted by Crippen LogP contribution is 2.61. The van der Waals surface area contributed by atoms with Crippen LogP contribution in [0.2, 0.25) is 0 Å². The molecule has 0 radical (unpaired) electrons. The van der Waals surface area contributed by atoms with Crippen molar-refractivity contribution in [2.75, 3.05) is 0 Å². The van der Waals surface area contributed by atoms with E-state index in [1.807, 2.05) is 0 Å². The molecule has 0 amide bonds. The summed E-state index contributed by atoms with van der Waals surface area (Å²) in [7, 11) is 0. The molecule has 0 heterocycles. The third-order valence-electron chi connectivity index (χ3n) is 8.19. The summed E-state index contributed by atoms with van der Waals surface area (Å²) in [4.78, 5) is 0. The highest BCUT2D eigenvalue weighted by Gasteiger charge is 2.49. The lowest BCUT2D eigenvalue weighted by Crippen LogP contribution is -2.30. The van der Waals surface area contributed by atoms with Crippen LogP contribution in [-0.2, 0) is 11.8 Å². The Morgan fingerprint density at radius 2 is 1.23 bits per heavy atom. The molecule has 8 rings (SSSR count). The first-order chi connectivity index (χ1) is 17.3. The highest BCUT2D eigenvalue weighted by molar-refractivity contribution is 9.10. The Bertz CT molecular complexity index is 1740. The molecule has 0 saturated heterocycles. The molecule has 0 nitrogen and oxygen atoms in total. The summed E-state index contributed by atoms with van der Waals surface area (Å²) in [6.45, 7) is 0. The van der Waals surface area contributed by atoms with Crippen molar-refractivity contribution in [3.8, 4) is 22.3 Å². The van der Waals surface area contributed by atoms with Gasteiger partial charge in [-0.2, -0.15) is 0 Å². The van der Waals surface area contributed by atoms with E-state index >= 15 is 0 Å². The van der Waals surface area contributed by atoms with Gasteiger partial charge in [0.15, 0.2) is 0 Å². The van der Waals surface area contributed by atoms with Gasteiger partial charge in [-0.1, -0.05) is 119 Å². The number of halogens is 1. The first-order valence-electron chi connectivity index (χ1n) is 12.2. The van der Waals surface area contributed by atoms with Crippen molar-refractivity contribution in [1.29, 1.82) is 0 Å². The van der Waals surface area contributed by atoms with Gasteiger partial charge < -0.3 is 0 Å². The van der Waals surface area contributed by atoms with Crippen LogP contribution in [0.3, 0.4) is 0 Å². The number of fused-ring (bicyclic) bond motifs is 13. The zero-order valence-corrected chi connectivity index (χ0v) is 20.6. The molecule has 1 heteroatoms. The number of benzene rings is 5. The lowest BCUT2D eigenvalue weighted by molar-refractivity contribution is 0.765. The van der Waals surface area contributed by atoms with Gasteiger partial charge in [0.1, 0.15) is 0 Å². The van der Waals surface area contributed by atoms with Crippen LogP contribution in [0.1, 0.15) is 44.5 Å². The fraction of sp³-hybridized carbons (Fsp3) is 0.0588. The van der Waals surface area contributed by atoms with E-state index in [0.29, 0.717) is 0 Å². The smallest absolute Gasteiger partial charge is 0.0619 e. The zero-order chi connectivity index (χ0) is 23.1. The monoisotopic (exact) mass is 508 g/mol. The van der Waals surface area contributed by atoms with Crippen LogP contribution in [0.25, 0.3) is 34.4 Å². The van der Waals surface area contributed by atoms with Crippen LogP contribution in [0.4, 0.5) is 0 Å². The van der Waals surface area contributed by atoms with Crippen LogP contribution in [0.5, 0.6) is 0 Å². The van der Waals surface area contributed by atoms with E-state index < -0.39 is 0 Å². The summed E-state index contributed by atoms with van der Waals surface area (Å²) in [5, 5.41) is 0. The number of hydrogen-bond acceptors (Lipinski definition) is 0. The van der Waals surface area contributed by atoms with Crippen molar-refractivity contribution in [3.05, 3.63) is 152 Å². The molecule has 35 heavy (non-hydrogen) atoms. The largest absolute Gasteiger partial charge is 0.0725 e. The van der Waals surface area contributed by atoms with Crippen LogP contribution >= 0.6 is 15.9 Å². The molecule has 164 valence electrons. The van der Waals surface area contributed by atoms with E-state index in [-0.39, 0.29) is 5.41 Å². The van der Waals surface area contributed by atoms with Crippen LogP contribution in [0, 0.1) is 0 Å². The number of rotatable bonds is 0. The molecule has 1 unspecified atom stereocenters. The molecule has 5 aromatic rings. The maximum atomic E-state index is 3.81. The van der Waals surface area contributed by atoms with Gasteiger partial charge in [-0.15, -0.1) is 0 Å². The van der Waals surface area contributed by atoms with Crippen molar-refractivity contribution in [2.24, 2.45) is 0 Å². The molecule has 1 spiro atoms. The van der Waals surface area contributed by atoms with E-state index in [1.54, 1.807) is 0 Å². The normalized spacial score (nSPS) is 17.7. The van der Waals surface area contributed by atoms with Crippen molar-refractivity contribution in [1.82, 2.24) is 0 Å². The second-order valence-corrected chi connectivity index (χ2v) is 10.7. The van der Waals surface area contributed by atoms with Gasteiger partial charge in [0.05, 0.1) is 5.41 Å². The molecule has 0 aromatic heterocycles. The van der Waals surface area contributed by atoms with E-state index in [4.69, 9.17) is 0 Å². The van der Waals surface area contributed by atoms with E-state index in [0.717, 1.165) is 10.9 Å². The number of hydrogen-bond donors (Lipinski definition) is 0. The minimum Gasteiger partial charge on any atom is -0.0619 e. The summed E-state index contributed by atoms with van der Waals surface area (Å²) in [6.07, 6.45) is 5.59. The molecule has 0 fully saturated rings. The maximum Gasteiger partial charge on any atom is 0.0725 e. The molecule has 0 bridgehead atoms. The Labute approximate surface area is 213 Å². The molecule has 3 aliphatic carbocycles. The lowest BCUT2D eigenvalue weighted by Gasteiger charge is -2.35. The van der Waals surface area contributed by atoms with E-state index in [9.17, 15) is 0 Å². The molecular weight excluding hydrogens is 488 g/mol. The van der Waals surface area contributed by atoms with Gasteiger partial charge in [0.2, 0.25) is 0 Å². The molecule has 3 aliphatic rings. The summed E-state index contributed by atoms with van der Waals surface area (Å²) < 4.78 is 1.11. The highest BCUT2D eigenvalue weighted by atomic mass is 79.9. The Kier molecular flexibility index (Phi) is 3.88. The van der Waals surface area contributed by atoms with Gasteiger partial charge in [0.25, 0.3) is 0 Å². The molecule has 5 aromatic carbocycles. The van der Waals surface area contributed by atoms with Crippen molar-refractivity contribution in [3.63, 3.8) is 0 Å². The first kappa shape index (κ1) is 19.6. The fourth-order valence-corrected chi connectivity index (χ4v) is 7.24. The van der Waals surface area contributed by atoms with Crippen molar-refractivity contribution in [2.45, 2.75) is 11.8 Å². The van der Waals surface area contributed by atoms with Gasteiger partial charge in [0, 0.05) is 4.47 Å². The predicted octanol–water partition coefficient (Wildman–Crippen LogP) is 8.87. The summed E-state index contributed by atoms with van der Waals surface area (Å²) in [5.41, 5.74) is 16.1. The van der Waals surface area contributed by atoms with Gasteiger partial charge >= 0.3 is 0 Å². The van der Waals surface area contributed by atoms with Crippen LogP contribution in [0.15, 0.2) is 108 Å². The van der Waals surface area contributed by atoms with E-state index in [2.05, 4.69) is 131 Å². The quantitative estimate of drug-likeness (QED) is 0.192. The molecular formula is C34H21Br. The Balaban J connectivity index is 1.60. The fourth-order valence-electron chi connectivity index (χ4n) is 6.88. The standard InChI is InChI=1S/C34H21Br/c35-25-17-15-22-14-13-21-7-2-5-11-28(21)34(31(22)20-25)29-12-6-4-10-27(29)33-30(34)18-16-24-19-23-8-1-3-9-26(23)32(24)33/h1-18,20H,19H2. The van der Waals surface area contributed by atoms with Crippen molar-refractivity contribution < 1.29 is 0 Å². The maximum absolute atomic E-state index is 3.81. The topological polar surface area (TPSA) is 0 Å². The third-order valence-corrected chi connectivity index (χ3v) is 8.68. The minimum absolute atomic E-state index is 0.377. The second-order valence-electron chi connectivity index (χ2n) is 9.80. The molecule has 0 saturated carbocycles.